The van der Waals surface area contributed by atoms with Gasteiger partial charge in [-0.1, -0.05) is 26.7 Å². The van der Waals surface area contributed by atoms with E-state index in [0.29, 0.717) is 5.92 Å². The highest BCUT2D eigenvalue weighted by molar-refractivity contribution is 5.18. The van der Waals surface area contributed by atoms with Crippen molar-refractivity contribution >= 4 is 0 Å². The molecule has 1 heterocycles. The van der Waals surface area contributed by atoms with Crippen LogP contribution in [-0.4, -0.2) is 14.9 Å². The zero-order valence-corrected chi connectivity index (χ0v) is 10.2. The van der Waals surface area contributed by atoms with E-state index < -0.39 is 0 Å². The molecule has 0 fully saturated rings. The van der Waals surface area contributed by atoms with E-state index in [2.05, 4.69) is 18.9 Å². The SMILES string of the molecule is CCCC(C)CC(O)c1cn(C)nc1C. The lowest BCUT2D eigenvalue weighted by Gasteiger charge is -2.15. The standard InChI is InChI=1S/C12H22N2O/c1-5-6-9(2)7-12(15)11-8-14(4)13-10(11)3/h8-9,12,15H,5-7H2,1-4H3. The highest BCUT2D eigenvalue weighted by atomic mass is 16.3. The fraction of sp³-hybridized carbons (Fsp3) is 0.750. The summed E-state index contributed by atoms with van der Waals surface area (Å²) >= 11 is 0. The maximum atomic E-state index is 10.1. The first-order valence-corrected chi connectivity index (χ1v) is 5.72. The van der Waals surface area contributed by atoms with Gasteiger partial charge in [0.1, 0.15) is 0 Å². The molecule has 0 aromatic carbocycles. The van der Waals surface area contributed by atoms with Gasteiger partial charge in [0.2, 0.25) is 0 Å². The summed E-state index contributed by atoms with van der Waals surface area (Å²) in [4.78, 5) is 0. The van der Waals surface area contributed by atoms with Crippen LogP contribution in [0, 0.1) is 12.8 Å². The zero-order chi connectivity index (χ0) is 11.4. The molecule has 0 saturated carbocycles. The summed E-state index contributed by atoms with van der Waals surface area (Å²) < 4.78 is 1.76. The summed E-state index contributed by atoms with van der Waals surface area (Å²) in [6.07, 6.45) is 4.75. The van der Waals surface area contributed by atoms with Gasteiger partial charge in [-0.25, -0.2) is 0 Å². The zero-order valence-electron chi connectivity index (χ0n) is 10.2. The third-order valence-electron chi connectivity index (χ3n) is 2.82. The van der Waals surface area contributed by atoms with Crippen molar-refractivity contribution in [2.45, 2.75) is 46.1 Å². The fourth-order valence-electron chi connectivity index (χ4n) is 2.06. The maximum absolute atomic E-state index is 10.1. The average Bonchev–Trinajstić information content (AvgIpc) is 2.45. The monoisotopic (exact) mass is 210 g/mol. The first-order chi connectivity index (χ1) is 7.04. The predicted octanol–water partition coefficient (Wildman–Crippen LogP) is 2.59. The van der Waals surface area contributed by atoms with Crippen molar-refractivity contribution < 1.29 is 5.11 Å². The van der Waals surface area contributed by atoms with E-state index in [4.69, 9.17) is 0 Å². The summed E-state index contributed by atoms with van der Waals surface area (Å²) in [7, 11) is 1.89. The molecule has 15 heavy (non-hydrogen) atoms. The van der Waals surface area contributed by atoms with Crippen LogP contribution >= 0.6 is 0 Å². The van der Waals surface area contributed by atoms with Gasteiger partial charge in [0.15, 0.2) is 0 Å². The summed E-state index contributed by atoms with van der Waals surface area (Å²) in [6, 6.07) is 0. The summed E-state index contributed by atoms with van der Waals surface area (Å²) in [5.74, 6) is 0.574. The molecule has 2 atom stereocenters. The molecule has 0 aliphatic carbocycles. The van der Waals surface area contributed by atoms with Gasteiger partial charge in [0.05, 0.1) is 11.8 Å². The van der Waals surface area contributed by atoms with E-state index in [9.17, 15) is 5.11 Å². The number of rotatable bonds is 5. The molecule has 0 amide bonds. The molecule has 1 aromatic rings. The van der Waals surface area contributed by atoms with Gasteiger partial charge in [-0.2, -0.15) is 5.10 Å². The number of hydrogen-bond acceptors (Lipinski definition) is 2. The van der Waals surface area contributed by atoms with Crippen LogP contribution in [0.5, 0.6) is 0 Å². The van der Waals surface area contributed by atoms with Crippen LogP contribution in [0.15, 0.2) is 6.20 Å². The van der Waals surface area contributed by atoms with Crippen molar-refractivity contribution in [3.63, 3.8) is 0 Å². The van der Waals surface area contributed by atoms with Crippen LogP contribution in [-0.2, 0) is 7.05 Å². The average molecular weight is 210 g/mol. The summed E-state index contributed by atoms with van der Waals surface area (Å²) in [5.41, 5.74) is 1.91. The quantitative estimate of drug-likeness (QED) is 0.811. The van der Waals surface area contributed by atoms with Crippen molar-refractivity contribution in [2.75, 3.05) is 0 Å². The van der Waals surface area contributed by atoms with Gasteiger partial charge in [-0.3, -0.25) is 4.68 Å². The second kappa shape index (κ2) is 5.31. The van der Waals surface area contributed by atoms with Crippen molar-refractivity contribution in [1.29, 1.82) is 0 Å². The first kappa shape index (κ1) is 12.2. The number of aromatic nitrogens is 2. The molecule has 1 rings (SSSR count). The van der Waals surface area contributed by atoms with Crippen molar-refractivity contribution in [3.05, 3.63) is 17.5 Å². The lowest BCUT2D eigenvalue weighted by atomic mass is 9.95. The lowest BCUT2D eigenvalue weighted by molar-refractivity contribution is 0.144. The van der Waals surface area contributed by atoms with E-state index in [0.717, 1.165) is 17.7 Å². The third-order valence-corrected chi connectivity index (χ3v) is 2.82. The molecule has 0 spiro atoms. The van der Waals surface area contributed by atoms with E-state index in [1.54, 1.807) is 4.68 Å². The van der Waals surface area contributed by atoms with Gasteiger partial charge in [-0.15, -0.1) is 0 Å². The number of hydrogen-bond donors (Lipinski definition) is 1. The third kappa shape index (κ3) is 3.34. The number of aliphatic hydroxyl groups excluding tert-OH is 1. The summed E-state index contributed by atoms with van der Waals surface area (Å²) in [5, 5.41) is 14.3. The highest BCUT2D eigenvalue weighted by Gasteiger charge is 2.16. The Morgan fingerprint density at radius 1 is 1.53 bits per heavy atom. The van der Waals surface area contributed by atoms with Gasteiger partial charge >= 0.3 is 0 Å². The molecule has 86 valence electrons. The molecule has 2 unspecified atom stereocenters. The molecule has 3 heteroatoms. The predicted molar refractivity (Wildman–Crippen MR) is 61.6 cm³/mol. The van der Waals surface area contributed by atoms with Gasteiger partial charge in [-0.05, 0) is 19.3 Å². The molecule has 0 bridgehead atoms. The Labute approximate surface area is 92.1 Å². The molecule has 1 aromatic heterocycles. The lowest BCUT2D eigenvalue weighted by Crippen LogP contribution is -2.04. The Morgan fingerprint density at radius 3 is 2.67 bits per heavy atom. The molecule has 3 nitrogen and oxygen atoms in total. The molecule has 0 radical (unpaired) electrons. The minimum atomic E-state index is -0.361. The van der Waals surface area contributed by atoms with E-state index in [-0.39, 0.29) is 6.10 Å². The Morgan fingerprint density at radius 2 is 2.20 bits per heavy atom. The van der Waals surface area contributed by atoms with Gasteiger partial charge < -0.3 is 5.11 Å². The van der Waals surface area contributed by atoms with Gasteiger partial charge in [0, 0.05) is 18.8 Å². The number of nitrogens with zero attached hydrogens (tertiary/aromatic N) is 2. The van der Waals surface area contributed by atoms with E-state index in [1.807, 2.05) is 20.2 Å². The second-order valence-corrected chi connectivity index (χ2v) is 4.49. The Balaban J connectivity index is 2.60. The van der Waals surface area contributed by atoms with Crippen molar-refractivity contribution in [1.82, 2.24) is 9.78 Å². The smallest absolute Gasteiger partial charge is 0.0825 e. The Bertz CT molecular complexity index is 307. The minimum Gasteiger partial charge on any atom is -0.388 e. The highest BCUT2D eigenvalue weighted by Crippen LogP contribution is 2.25. The van der Waals surface area contributed by atoms with Crippen LogP contribution in [0.4, 0.5) is 0 Å². The molecule has 1 N–H and O–H groups in total. The topological polar surface area (TPSA) is 38.0 Å². The minimum absolute atomic E-state index is 0.361. The molecule has 0 aliphatic rings. The van der Waals surface area contributed by atoms with Gasteiger partial charge in [0.25, 0.3) is 0 Å². The van der Waals surface area contributed by atoms with Crippen molar-refractivity contribution in [3.8, 4) is 0 Å². The van der Waals surface area contributed by atoms with Crippen LogP contribution in [0.2, 0.25) is 0 Å². The molecular weight excluding hydrogens is 188 g/mol. The first-order valence-electron chi connectivity index (χ1n) is 5.72. The van der Waals surface area contributed by atoms with Crippen LogP contribution in [0.25, 0.3) is 0 Å². The van der Waals surface area contributed by atoms with E-state index in [1.165, 1.54) is 12.8 Å². The van der Waals surface area contributed by atoms with E-state index >= 15 is 0 Å². The number of aryl methyl sites for hydroxylation is 2. The van der Waals surface area contributed by atoms with Crippen LogP contribution < -0.4 is 0 Å². The van der Waals surface area contributed by atoms with Crippen LogP contribution in [0.1, 0.15) is 50.5 Å². The largest absolute Gasteiger partial charge is 0.388 e. The molecular formula is C12H22N2O. The Hall–Kier alpha value is -0.830. The van der Waals surface area contributed by atoms with Crippen LogP contribution in [0.3, 0.4) is 0 Å². The normalized spacial score (nSPS) is 15.3. The molecule has 0 saturated heterocycles. The second-order valence-electron chi connectivity index (χ2n) is 4.49. The van der Waals surface area contributed by atoms with Crippen molar-refractivity contribution in [2.24, 2.45) is 13.0 Å². The number of aliphatic hydroxyl groups is 1. The Kier molecular flexibility index (Phi) is 4.33. The molecule has 0 aliphatic heterocycles. The summed E-state index contributed by atoms with van der Waals surface area (Å²) in [6.45, 7) is 6.32. The fourth-order valence-corrected chi connectivity index (χ4v) is 2.06. The maximum Gasteiger partial charge on any atom is 0.0825 e.